The second-order valence-corrected chi connectivity index (χ2v) is 12.0. The van der Waals surface area contributed by atoms with Gasteiger partial charge in [-0.15, -0.1) is 0 Å². The van der Waals surface area contributed by atoms with Gasteiger partial charge in [0.15, 0.2) is 0 Å². The molecule has 0 saturated heterocycles. The van der Waals surface area contributed by atoms with E-state index in [4.69, 9.17) is 9.47 Å². The summed E-state index contributed by atoms with van der Waals surface area (Å²) in [6.45, 7) is 7.12. The third-order valence-electron chi connectivity index (χ3n) is 7.10. The molecule has 0 fully saturated rings. The van der Waals surface area contributed by atoms with E-state index in [9.17, 15) is 18.0 Å². The zero-order valence-corrected chi connectivity index (χ0v) is 26.0. The third-order valence-corrected chi connectivity index (χ3v) is 8.89. The number of nitrogens with zero attached hydrogens (tertiary/aromatic N) is 2. The third kappa shape index (κ3) is 8.03. The standard InChI is InChI=1S/C32H41N3O6S/c1-7-24(4)33-32(37)30(8-2)34(21-25-11-9-13-27(19-25)40-5)31(36)22-35(26-12-10-14-28(20-26)41-6)42(38,39)29-17-15-23(3)16-18-29/h9-20,24,30H,7-8,21-22H2,1-6H3,(H,33,37)/t24-,30-/m1/s1. The van der Waals surface area contributed by atoms with Gasteiger partial charge in [0.1, 0.15) is 24.1 Å². The Morgan fingerprint density at radius 2 is 1.50 bits per heavy atom. The summed E-state index contributed by atoms with van der Waals surface area (Å²) in [4.78, 5) is 29.1. The largest absolute Gasteiger partial charge is 0.497 e. The molecular weight excluding hydrogens is 554 g/mol. The van der Waals surface area contributed by atoms with E-state index in [0.717, 1.165) is 21.9 Å². The first kappa shape index (κ1) is 32.5. The average Bonchev–Trinajstić information content (AvgIpc) is 2.99. The maximum absolute atomic E-state index is 14.2. The molecule has 3 aromatic rings. The van der Waals surface area contributed by atoms with E-state index in [0.29, 0.717) is 17.9 Å². The van der Waals surface area contributed by atoms with E-state index >= 15 is 0 Å². The van der Waals surface area contributed by atoms with E-state index in [1.165, 1.54) is 24.1 Å². The maximum Gasteiger partial charge on any atom is 0.264 e. The van der Waals surface area contributed by atoms with Gasteiger partial charge in [0.25, 0.3) is 10.0 Å². The van der Waals surface area contributed by atoms with Crippen LogP contribution in [-0.4, -0.2) is 58.0 Å². The average molecular weight is 596 g/mol. The van der Waals surface area contributed by atoms with Crippen molar-refractivity contribution in [1.82, 2.24) is 10.2 Å². The number of carbonyl (C=O) groups is 2. The summed E-state index contributed by atoms with van der Waals surface area (Å²) in [7, 11) is -1.13. The fraction of sp³-hybridized carbons (Fsp3) is 0.375. The van der Waals surface area contributed by atoms with Crippen molar-refractivity contribution in [1.29, 1.82) is 0 Å². The highest BCUT2D eigenvalue weighted by Crippen LogP contribution is 2.28. The monoisotopic (exact) mass is 595 g/mol. The lowest BCUT2D eigenvalue weighted by Crippen LogP contribution is -2.53. The van der Waals surface area contributed by atoms with E-state index < -0.39 is 28.5 Å². The summed E-state index contributed by atoms with van der Waals surface area (Å²) in [5.74, 6) is 0.230. The quantitative estimate of drug-likeness (QED) is 0.283. The van der Waals surface area contributed by atoms with Gasteiger partial charge in [0, 0.05) is 18.7 Å². The molecule has 42 heavy (non-hydrogen) atoms. The molecule has 9 nitrogen and oxygen atoms in total. The molecule has 226 valence electrons. The lowest BCUT2D eigenvalue weighted by Gasteiger charge is -2.33. The second kappa shape index (κ2) is 14.7. The molecule has 1 N–H and O–H groups in total. The molecule has 0 aromatic heterocycles. The number of ether oxygens (including phenoxy) is 2. The van der Waals surface area contributed by atoms with Crippen molar-refractivity contribution in [2.45, 2.75) is 64.1 Å². The molecule has 3 rings (SSSR count). The molecule has 2 amide bonds. The Hall–Kier alpha value is -4.05. The van der Waals surface area contributed by atoms with Crippen LogP contribution in [0, 0.1) is 6.92 Å². The molecular formula is C32H41N3O6S. The van der Waals surface area contributed by atoms with Crippen LogP contribution in [0.1, 0.15) is 44.7 Å². The van der Waals surface area contributed by atoms with E-state index in [2.05, 4.69) is 5.32 Å². The Morgan fingerprint density at radius 1 is 0.881 bits per heavy atom. The zero-order valence-electron chi connectivity index (χ0n) is 25.2. The molecule has 3 aromatic carbocycles. The number of amides is 2. The summed E-state index contributed by atoms with van der Waals surface area (Å²) >= 11 is 0. The van der Waals surface area contributed by atoms with Crippen LogP contribution < -0.4 is 19.1 Å². The van der Waals surface area contributed by atoms with Crippen molar-refractivity contribution in [2.24, 2.45) is 0 Å². The molecule has 0 aliphatic rings. The first-order valence-electron chi connectivity index (χ1n) is 14.0. The van der Waals surface area contributed by atoms with Gasteiger partial charge in [-0.25, -0.2) is 8.42 Å². The number of hydrogen-bond donors (Lipinski definition) is 1. The van der Waals surface area contributed by atoms with Crippen LogP contribution >= 0.6 is 0 Å². The lowest BCUT2D eigenvalue weighted by molar-refractivity contribution is -0.140. The van der Waals surface area contributed by atoms with Crippen LogP contribution in [0.4, 0.5) is 5.69 Å². The predicted octanol–water partition coefficient (Wildman–Crippen LogP) is 4.93. The Morgan fingerprint density at radius 3 is 2.10 bits per heavy atom. The van der Waals surface area contributed by atoms with E-state index in [-0.39, 0.29) is 29.1 Å². The van der Waals surface area contributed by atoms with Crippen molar-refractivity contribution < 1.29 is 27.5 Å². The number of benzene rings is 3. The molecule has 2 atom stereocenters. The molecule has 0 radical (unpaired) electrons. The number of carbonyl (C=O) groups excluding carboxylic acids is 2. The Kier molecular flexibility index (Phi) is 11.4. The zero-order chi connectivity index (χ0) is 30.9. The van der Waals surface area contributed by atoms with Crippen molar-refractivity contribution in [3.63, 3.8) is 0 Å². The summed E-state index contributed by atoms with van der Waals surface area (Å²) in [5, 5.41) is 2.98. The molecule has 0 spiro atoms. The van der Waals surface area contributed by atoms with Crippen LogP contribution in [0.5, 0.6) is 11.5 Å². The number of anilines is 1. The number of aryl methyl sites for hydroxylation is 1. The van der Waals surface area contributed by atoms with Crippen molar-refractivity contribution in [3.8, 4) is 11.5 Å². The minimum absolute atomic E-state index is 0.0459. The fourth-order valence-electron chi connectivity index (χ4n) is 4.46. The predicted molar refractivity (Wildman–Crippen MR) is 164 cm³/mol. The van der Waals surface area contributed by atoms with Gasteiger partial charge in [0.05, 0.1) is 24.8 Å². The fourth-order valence-corrected chi connectivity index (χ4v) is 5.87. The summed E-state index contributed by atoms with van der Waals surface area (Å²) in [6, 6.07) is 19.3. The summed E-state index contributed by atoms with van der Waals surface area (Å²) in [6.07, 6.45) is 1.06. The Labute approximate surface area is 249 Å². The van der Waals surface area contributed by atoms with Gasteiger partial charge in [0.2, 0.25) is 11.8 Å². The molecule has 10 heteroatoms. The minimum atomic E-state index is -4.17. The molecule has 0 aliphatic heterocycles. The summed E-state index contributed by atoms with van der Waals surface area (Å²) in [5.41, 5.74) is 1.91. The number of sulfonamides is 1. The molecule has 0 heterocycles. The Balaban J connectivity index is 2.09. The van der Waals surface area contributed by atoms with Gasteiger partial charge >= 0.3 is 0 Å². The number of methoxy groups -OCH3 is 2. The molecule has 0 saturated carbocycles. The van der Waals surface area contributed by atoms with E-state index in [1.54, 1.807) is 61.7 Å². The molecule has 0 unspecified atom stereocenters. The second-order valence-electron chi connectivity index (χ2n) is 10.1. The smallest absolute Gasteiger partial charge is 0.264 e. The van der Waals surface area contributed by atoms with Crippen LogP contribution in [0.15, 0.2) is 77.7 Å². The van der Waals surface area contributed by atoms with Crippen LogP contribution in [0.3, 0.4) is 0 Å². The first-order valence-corrected chi connectivity index (χ1v) is 15.4. The first-order chi connectivity index (χ1) is 20.0. The van der Waals surface area contributed by atoms with Crippen molar-refractivity contribution >= 4 is 27.5 Å². The van der Waals surface area contributed by atoms with Gasteiger partial charge < -0.3 is 19.7 Å². The van der Waals surface area contributed by atoms with E-state index in [1.807, 2.05) is 33.8 Å². The summed E-state index contributed by atoms with van der Waals surface area (Å²) < 4.78 is 39.8. The Bertz CT molecular complexity index is 1460. The van der Waals surface area contributed by atoms with Gasteiger partial charge in [-0.2, -0.15) is 0 Å². The number of nitrogens with one attached hydrogen (secondary N) is 1. The highest BCUT2D eigenvalue weighted by atomic mass is 32.2. The van der Waals surface area contributed by atoms with Crippen molar-refractivity contribution in [2.75, 3.05) is 25.1 Å². The van der Waals surface area contributed by atoms with Crippen LogP contribution in [0.2, 0.25) is 0 Å². The van der Waals surface area contributed by atoms with Gasteiger partial charge in [-0.1, -0.05) is 49.7 Å². The minimum Gasteiger partial charge on any atom is -0.497 e. The number of rotatable bonds is 14. The van der Waals surface area contributed by atoms with Gasteiger partial charge in [-0.05, 0) is 68.7 Å². The normalized spacial score (nSPS) is 12.6. The van der Waals surface area contributed by atoms with Gasteiger partial charge in [-0.3, -0.25) is 13.9 Å². The molecule has 0 aliphatic carbocycles. The highest BCUT2D eigenvalue weighted by molar-refractivity contribution is 7.92. The number of hydrogen-bond acceptors (Lipinski definition) is 6. The van der Waals surface area contributed by atoms with Crippen LogP contribution in [0.25, 0.3) is 0 Å². The van der Waals surface area contributed by atoms with Crippen LogP contribution in [-0.2, 0) is 26.2 Å². The van der Waals surface area contributed by atoms with Crippen molar-refractivity contribution in [3.05, 3.63) is 83.9 Å². The SMILES string of the molecule is CC[C@@H](C)NC(=O)[C@@H](CC)N(Cc1cccc(OC)c1)C(=O)CN(c1cccc(OC)c1)S(=O)(=O)c1ccc(C)cc1. The lowest BCUT2D eigenvalue weighted by atomic mass is 10.1. The highest BCUT2D eigenvalue weighted by Gasteiger charge is 2.34. The molecule has 0 bridgehead atoms. The maximum atomic E-state index is 14.2. The topological polar surface area (TPSA) is 105 Å².